The summed E-state index contributed by atoms with van der Waals surface area (Å²) in [5.41, 5.74) is 0.179. The van der Waals surface area contributed by atoms with E-state index in [1.54, 1.807) is 18.3 Å². The van der Waals surface area contributed by atoms with Gasteiger partial charge in [-0.3, -0.25) is 9.78 Å². The molecular weight excluding hydrogens is 228 g/mol. The van der Waals surface area contributed by atoms with Gasteiger partial charge in [0.15, 0.2) is 0 Å². The molecule has 1 heterocycles. The predicted octanol–water partition coefficient (Wildman–Crippen LogP) is 1.85. The Balaban J connectivity index is 2.58. The van der Waals surface area contributed by atoms with Crippen LogP contribution in [0.1, 0.15) is 38.1 Å². The van der Waals surface area contributed by atoms with Crippen molar-refractivity contribution in [2.45, 2.75) is 33.8 Å². The molecule has 4 nitrogen and oxygen atoms in total. The lowest BCUT2D eigenvalue weighted by molar-refractivity contribution is 0.0138. The average molecular weight is 250 g/mol. The van der Waals surface area contributed by atoms with Crippen molar-refractivity contribution in [3.8, 4) is 0 Å². The number of hydrogen-bond acceptors (Lipinski definition) is 3. The summed E-state index contributed by atoms with van der Waals surface area (Å²) < 4.78 is 0. The fourth-order valence-corrected chi connectivity index (χ4v) is 1.91. The van der Waals surface area contributed by atoms with Crippen LogP contribution < -0.4 is 5.32 Å². The quantitative estimate of drug-likeness (QED) is 0.838. The van der Waals surface area contributed by atoms with Crippen LogP contribution in [0.5, 0.6) is 0 Å². The molecule has 1 rings (SSSR count). The number of hydrogen-bond donors (Lipinski definition) is 2. The van der Waals surface area contributed by atoms with Crippen LogP contribution in [0.15, 0.2) is 24.5 Å². The number of nitrogens with one attached hydrogen (secondary N) is 1. The van der Waals surface area contributed by atoms with Gasteiger partial charge in [0.2, 0.25) is 0 Å². The van der Waals surface area contributed by atoms with Crippen LogP contribution in [0.4, 0.5) is 0 Å². The van der Waals surface area contributed by atoms with Gasteiger partial charge in [0.05, 0.1) is 11.7 Å². The summed E-state index contributed by atoms with van der Waals surface area (Å²) in [6.07, 6.45) is 2.71. The van der Waals surface area contributed by atoms with E-state index in [1.165, 1.54) is 6.20 Å². The highest BCUT2D eigenvalue weighted by atomic mass is 16.3. The smallest absolute Gasteiger partial charge is 0.252 e. The Morgan fingerprint density at radius 2 is 2.17 bits per heavy atom. The maximum atomic E-state index is 11.9. The molecule has 0 spiro atoms. The molecule has 4 heteroatoms. The molecule has 0 radical (unpaired) electrons. The first-order valence-electron chi connectivity index (χ1n) is 6.21. The van der Waals surface area contributed by atoms with E-state index in [0.717, 1.165) is 0 Å². The van der Waals surface area contributed by atoms with Gasteiger partial charge in [-0.2, -0.15) is 0 Å². The fourth-order valence-electron chi connectivity index (χ4n) is 1.91. The first-order valence-corrected chi connectivity index (χ1v) is 6.21. The van der Waals surface area contributed by atoms with Gasteiger partial charge in [-0.05, 0) is 18.1 Å². The Bertz CT molecular complexity index is 388. The monoisotopic (exact) mass is 250 g/mol. The number of aliphatic hydroxyl groups is 1. The lowest BCUT2D eigenvalue weighted by Crippen LogP contribution is -2.43. The van der Waals surface area contributed by atoms with Gasteiger partial charge in [0.25, 0.3) is 5.91 Å². The van der Waals surface area contributed by atoms with E-state index in [9.17, 15) is 9.90 Å². The largest absolute Gasteiger partial charge is 0.392 e. The van der Waals surface area contributed by atoms with Crippen LogP contribution in [-0.4, -0.2) is 28.6 Å². The van der Waals surface area contributed by atoms with Gasteiger partial charge >= 0.3 is 0 Å². The molecule has 0 aliphatic rings. The van der Waals surface area contributed by atoms with Gasteiger partial charge in [-0.15, -0.1) is 0 Å². The zero-order valence-electron chi connectivity index (χ0n) is 11.5. The number of rotatable bonds is 5. The van der Waals surface area contributed by atoms with Crippen LogP contribution in [0.3, 0.4) is 0 Å². The molecule has 0 fully saturated rings. The Hall–Kier alpha value is -1.42. The molecule has 2 N–H and O–H groups in total. The summed E-state index contributed by atoms with van der Waals surface area (Å²) in [7, 11) is 0. The highest BCUT2D eigenvalue weighted by Crippen LogP contribution is 2.25. The molecule has 0 saturated heterocycles. The SMILES string of the molecule is CC(C)C(O)C(C)(C)CNC(=O)c1cccnc1. The Morgan fingerprint density at radius 1 is 1.50 bits per heavy atom. The number of pyridine rings is 1. The predicted molar refractivity (Wildman–Crippen MR) is 71.2 cm³/mol. The zero-order chi connectivity index (χ0) is 13.8. The van der Waals surface area contributed by atoms with Crippen molar-refractivity contribution in [1.29, 1.82) is 0 Å². The molecule has 1 atom stereocenters. The van der Waals surface area contributed by atoms with Gasteiger partial charge in [-0.25, -0.2) is 0 Å². The first kappa shape index (κ1) is 14.6. The third kappa shape index (κ3) is 3.81. The lowest BCUT2D eigenvalue weighted by atomic mass is 9.80. The van der Waals surface area contributed by atoms with Crippen LogP contribution in [0.2, 0.25) is 0 Å². The Morgan fingerprint density at radius 3 is 2.67 bits per heavy atom. The number of amides is 1. The maximum absolute atomic E-state index is 11.9. The topological polar surface area (TPSA) is 62.2 Å². The van der Waals surface area contributed by atoms with Crippen molar-refractivity contribution < 1.29 is 9.90 Å². The van der Waals surface area contributed by atoms with E-state index in [2.05, 4.69) is 10.3 Å². The second kappa shape index (κ2) is 5.96. The van der Waals surface area contributed by atoms with E-state index in [-0.39, 0.29) is 17.2 Å². The second-order valence-corrected chi connectivity index (χ2v) is 5.60. The first-order chi connectivity index (χ1) is 8.34. The van der Waals surface area contributed by atoms with E-state index < -0.39 is 6.10 Å². The normalized spacial score (nSPS) is 13.4. The number of aromatic nitrogens is 1. The van der Waals surface area contributed by atoms with Crippen LogP contribution in [-0.2, 0) is 0 Å². The summed E-state index contributed by atoms with van der Waals surface area (Å²) in [6.45, 7) is 8.26. The molecular formula is C14H22N2O2. The number of carbonyl (C=O) groups is 1. The molecule has 0 aliphatic carbocycles. The van der Waals surface area contributed by atoms with E-state index in [1.807, 2.05) is 27.7 Å². The van der Waals surface area contributed by atoms with Crippen LogP contribution in [0, 0.1) is 11.3 Å². The molecule has 0 aromatic carbocycles. The van der Waals surface area contributed by atoms with Crippen molar-refractivity contribution in [3.63, 3.8) is 0 Å². The Labute approximate surface area is 108 Å². The van der Waals surface area contributed by atoms with Crippen molar-refractivity contribution in [2.75, 3.05) is 6.54 Å². The van der Waals surface area contributed by atoms with Gasteiger partial charge in [0.1, 0.15) is 0 Å². The Kier molecular flexibility index (Phi) is 4.84. The molecule has 1 aromatic heterocycles. The zero-order valence-corrected chi connectivity index (χ0v) is 11.5. The highest BCUT2D eigenvalue weighted by Gasteiger charge is 2.30. The third-order valence-corrected chi connectivity index (χ3v) is 3.06. The molecule has 18 heavy (non-hydrogen) atoms. The summed E-state index contributed by atoms with van der Waals surface area (Å²) >= 11 is 0. The van der Waals surface area contributed by atoms with Crippen molar-refractivity contribution in [2.24, 2.45) is 11.3 Å². The minimum atomic E-state index is -0.452. The maximum Gasteiger partial charge on any atom is 0.252 e. The van der Waals surface area contributed by atoms with Crippen LogP contribution in [0.25, 0.3) is 0 Å². The molecule has 0 saturated carbocycles. The van der Waals surface area contributed by atoms with Crippen LogP contribution >= 0.6 is 0 Å². The van der Waals surface area contributed by atoms with Gasteiger partial charge in [-0.1, -0.05) is 27.7 Å². The summed E-state index contributed by atoms with van der Waals surface area (Å²) in [4.78, 5) is 15.8. The number of aliphatic hydroxyl groups excluding tert-OH is 1. The van der Waals surface area contributed by atoms with Crippen molar-refractivity contribution >= 4 is 5.91 Å². The number of carbonyl (C=O) groups excluding carboxylic acids is 1. The molecule has 1 amide bonds. The molecule has 1 unspecified atom stereocenters. The fraction of sp³-hybridized carbons (Fsp3) is 0.571. The summed E-state index contributed by atoms with van der Waals surface area (Å²) in [5, 5.41) is 12.9. The molecule has 1 aromatic rings. The molecule has 100 valence electrons. The summed E-state index contributed by atoms with van der Waals surface area (Å²) in [5.74, 6) is 0.00225. The average Bonchev–Trinajstić information content (AvgIpc) is 2.36. The van der Waals surface area contributed by atoms with Gasteiger partial charge in [0, 0.05) is 24.4 Å². The van der Waals surface area contributed by atoms with E-state index >= 15 is 0 Å². The standard InChI is InChI=1S/C14H22N2O2/c1-10(2)12(17)14(3,4)9-16-13(18)11-6-5-7-15-8-11/h5-8,10,12,17H,9H2,1-4H3,(H,16,18). The molecule has 0 aliphatic heterocycles. The minimum absolute atomic E-state index is 0.160. The van der Waals surface area contributed by atoms with E-state index in [0.29, 0.717) is 12.1 Å². The summed E-state index contributed by atoms with van der Waals surface area (Å²) in [6, 6.07) is 3.44. The minimum Gasteiger partial charge on any atom is -0.392 e. The van der Waals surface area contributed by atoms with Gasteiger partial charge < -0.3 is 10.4 Å². The number of nitrogens with zero attached hydrogens (tertiary/aromatic N) is 1. The lowest BCUT2D eigenvalue weighted by Gasteiger charge is -2.33. The third-order valence-electron chi connectivity index (χ3n) is 3.06. The van der Waals surface area contributed by atoms with Crippen molar-refractivity contribution in [3.05, 3.63) is 30.1 Å². The van der Waals surface area contributed by atoms with Crippen molar-refractivity contribution in [1.82, 2.24) is 10.3 Å². The molecule has 0 bridgehead atoms. The highest BCUT2D eigenvalue weighted by molar-refractivity contribution is 5.93. The van der Waals surface area contributed by atoms with E-state index in [4.69, 9.17) is 0 Å². The second-order valence-electron chi connectivity index (χ2n) is 5.60.